The zero-order valence-electron chi connectivity index (χ0n) is 9.86. The number of hydrogen-bond acceptors (Lipinski definition) is 4. The number of amides is 1. The predicted octanol–water partition coefficient (Wildman–Crippen LogP) is 0.537. The van der Waals surface area contributed by atoms with Gasteiger partial charge in [-0.3, -0.25) is 9.59 Å². The average molecular weight is 255 g/mol. The van der Waals surface area contributed by atoms with E-state index in [1.165, 1.54) is 0 Å². The summed E-state index contributed by atoms with van der Waals surface area (Å²) in [4.78, 5) is 27.3. The van der Waals surface area contributed by atoms with Crippen molar-refractivity contribution in [2.24, 2.45) is 0 Å². The topological polar surface area (TPSA) is 65.2 Å². The number of carbonyl (C=O) groups excluding carboxylic acids is 1. The highest BCUT2D eigenvalue weighted by molar-refractivity contribution is 7.07. The van der Waals surface area contributed by atoms with Crippen molar-refractivity contribution in [3.05, 3.63) is 20.7 Å². The van der Waals surface area contributed by atoms with E-state index in [0.29, 0.717) is 19.1 Å². The molecule has 0 radical (unpaired) electrons. The van der Waals surface area contributed by atoms with E-state index in [2.05, 4.69) is 10.3 Å². The number of likely N-dealkylation sites (N-methyl/N-ethyl adjacent to an activating group) is 1. The molecule has 1 amide bonds. The third kappa shape index (κ3) is 3.41. The number of H-pyrrole nitrogens is 1. The minimum atomic E-state index is -0.0544. The van der Waals surface area contributed by atoms with E-state index in [4.69, 9.17) is 0 Å². The summed E-state index contributed by atoms with van der Waals surface area (Å²) in [6, 6.07) is 0.468. The minimum Gasteiger partial charge on any atom is -0.339 e. The van der Waals surface area contributed by atoms with Gasteiger partial charge in [0.15, 0.2) is 0 Å². The second kappa shape index (κ2) is 5.46. The van der Waals surface area contributed by atoms with Crippen molar-refractivity contribution in [3.8, 4) is 0 Å². The number of hydrogen-bond donors (Lipinski definition) is 2. The highest BCUT2D eigenvalue weighted by Gasteiger charge is 2.30. The number of rotatable bonds is 6. The van der Waals surface area contributed by atoms with Crippen molar-refractivity contribution in [2.45, 2.75) is 32.4 Å². The van der Waals surface area contributed by atoms with Gasteiger partial charge in [-0.05, 0) is 19.8 Å². The Bertz CT molecular complexity index is 436. The number of carbonyl (C=O) groups is 1. The van der Waals surface area contributed by atoms with Crippen molar-refractivity contribution >= 4 is 17.2 Å². The average Bonchev–Trinajstić information content (AvgIpc) is 3.04. The summed E-state index contributed by atoms with van der Waals surface area (Å²) < 4.78 is 0. The van der Waals surface area contributed by atoms with E-state index in [-0.39, 0.29) is 10.8 Å². The normalized spacial score (nSPS) is 14.9. The van der Waals surface area contributed by atoms with Crippen LogP contribution in [0.4, 0.5) is 0 Å². The zero-order valence-corrected chi connectivity index (χ0v) is 10.7. The third-order valence-electron chi connectivity index (χ3n) is 2.81. The molecule has 6 heteroatoms. The summed E-state index contributed by atoms with van der Waals surface area (Å²) in [6.45, 7) is 3.65. The molecule has 0 aliphatic heterocycles. The van der Waals surface area contributed by atoms with Crippen LogP contribution in [0.3, 0.4) is 0 Å². The molecular formula is C11H17N3O2S. The van der Waals surface area contributed by atoms with Gasteiger partial charge in [0.2, 0.25) is 5.91 Å². The number of nitrogens with zero attached hydrogens (tertiary/aromatic N) is 1. The largest absolute Gasteiger partial charge is 0.339 e. The van der Waals surface area contributed by atoms with Gasteiger partial charge >= 0.3 is 4.87 Å². The van der Waals surface area contributed by atoms with E-state index in [1.807, 2.05) is 11.8 Å². The molecule has 0 bridgehead atoms. The summed E-state index contributed by atoms with van der Waals surface area (Å²) in [5.74, 6) is 0.146. The van der Waals surface area contributed by atoms with Crippen LogP contribution in [0.1, 0.15) is 25.5 Å². The van der Waals surface area contributed by atoms with Crippen molar-refractivity contribution in [2.75, 3.05) is 13.1 Å². The molecule has 0 aromatic carbocycles. The summed E-state index contributed by atoms with van der Waals surface area (Å²) >= 11 is 1.14. The molecular weight excluding hydrogens is 238 g/mol. The number of aromatic nitrogens is 1. The fourth-order valence-corrected chi connectivity index (χ4v) is 2.41. The number of thiazole rings is 1. The first-order valence-electron chi connectivity index (χ1n) is 5.87. The van der Waals surface area contributed by atoms with E-state index in [1.54, 1.807) is 5.38 Å². The van der Waals surface area contributed by atoms with Gasteiger partial charge < -0.3 is 15.2 Å². The smallest absolute Gasteiger partial charge is 0.304 e. The van der Waals surface area contributed by atoms with Gasteiger partial charge in [0.1, 0.15) is 0 Å². The van der Waals surface area contributed by atoms with E-state index < -0.39 is 0 Å². The summed E-state index contributed by atoms with van der Waals surface area (Å²) in [6.07, 6.45) is 2.27. The van der Waals surface area contributed by atoms with Crippen LogP contribution in [0.5, 0.6) is 0 Å². The van der Waals surface area contributed by atoms with Crippen LogP contribution in [0.15, 0.2) is 10.2 Å². The lowest BCUT2D eigenvalue weighted by molar-refractivity contribution is -0.130. The fraction of sp³-hybridized carbons (Fsp3) is 0.636. The lowest BCUT2D eigenvalue weighted by Gasteiger charge is -2.20. The SMILES string of the molecule is CCN(C(=O)CNCc1csc(=O)[nH]1)C1CC1. The molecule has 0 unspecified atom stereocenters. The Hall–Kier alpha value is -1.14. The quantitative estimate of drug-likeness (QED) is 0.779. The van der Waals surface area contributed by atoms with Crippen molar-refractivity contribution in [1.82, 2.24) is 15.2 Å². The Morgan fingerprint density at radius 3 is 2.94 bits per heavy atom. The van der Waals surface area contributed by atoms with Crippen LogP contribution in [0.25, 0.3) is 0 Å². The Labute approximate surface area is 104 Å². The molecule has 0 spiro atoms. The van der Waals surface area contributed by atoms with E-state index >= 15 is 0 Å². The van der Waals surface area contributed by atoms with Crippen LogP contribution in [0.2, 0.25) is 0 Å². The molecule has 1 aliphatic carbocycles. The Morgan fingerprint density at radius 1 is 1.65 bits per heavy atom. The lowest BCUT2D eigenvalue weighted by atomic mass is 10.4. The van der Waals surface area contributed by atoms with Gasteiger partial charge in [-0.2, -0.15) is 0 Å². The molecule has 1 saturated carbocycles. The van der Waals surface area contributed by atoms with Crippen molar-refractivity contribution < 1.29 is 4.79 Å². The van der Waals surface area contributed by atoms with Crippen LogP contribution < -0.4 is 10.2 Å². The molecule has 1 aromatic heterocycles. The summed E-state index contributed by atoms with van der Waals surface area (Å²) in [7, 11) is 0. The highest BCUT2D eigenvalue weighted by Crippen LogP contribution is 2.26. The van der Waals surface area contributed by atoms with Gasteiger partial charge in [0, 0.05) is 30.2 Å². The van der Waals surface area contributed by atoms with E-state index in [0.717, 1.165) is 36.4 Å². The molecule has 1 aliphatic rings. The van der Waals surface area contributed by atoms with Gasteiger partial charge in [-0.25, -0.2) is 0 Å². The number of aromatic amines is 1. The van der Waals surface area contributed by atoms with Gasteiger partial charge in [0.05, 0.1) is 6.54 Å². The second-order valence-electron chi connectivity index (χ2n) is 4.19. The van der Waals surface area contributed by atoms with Crippen LogP contribution in [0, 0.1) is 0 Å². The molecule has 1 heterocycles. The molecule has 17 heavy (non-hydrogen) atoms. The summed E-state index contributed by atoms with van der Waals surface area (Å²) in [5.41, 5.74) is 0.835. The maximum Gasteiger partial charge on any atom is 0.304 e. The first-order valence-corrected chi connectivity index (χ1v) is 6.75. The van der Waals surface area contributed by atoms with Crippen molar-refractivity contribution in [3.63, 3.8) is 0 Å². The van der Waals surface area contributed by atoms with E-state index in [9.17, 15) is 9.59 Å². The maximum absolute atomic E-state index is 11.8. The zero-order chi connectivity index (χ0) is 12.3. The van der Waals surface area contributed by atoms with Gasteiger partial charge in [-0.1, -0.05) is 11.3 Å². The molecule has 0 saturated heterocycles. The Balaban J connectivity index is 1.74. The molecule has 1 aromatic rings. The van der Waals surface area contributed by atoms with Crippen molar-refractivity contribution in [1.29, 1.82) is 0 Å². The predicted molar refractivity (Wildman–Crippen MR) is 67.1 cm³/mol. The summed E-state index contributed by atoms with van der Waals surface area (Å²) in [5, 5.41) is 4.83. The van der Waals surface area contributed by atoms with Gasteiger partial charge in [-0.15, -0.1) is 0 Å². The third-order valence-corrected chi connectivity index (χ3v) is 3.53. The number of nitrogens with one attached hydrogen (secondary N) is 2. The fourth-order valence-electron chi connectivity index (χ4n) is 1.83. The standard InChI is InChI=1S/C11H17N3O2S/c1-2-14(9-3-4-9)10(15)6-12-5-8-7-17-11(16)13-8/h7,9,12H,2-6H2,1H3,(H,13,16). The molecule has 2 rings (SSSR count). The molecule has 94 valence electrons. The lowest BCUT2D eigenvalue weighted by Crippen LogP contribution is -2.39. The van der Waals surface area contributed by atoms with Crippen LogP contribution in [-0.4, -0.2) is 34.9 Å². The Morgan fingerprint density at radius 2 is 2.41 bits per heavy atom. The molecule has 1 fully saturated rings. The highest BCUT2D eigenvalue weighted by atomic mass is 32.1. The first kappa shape index (κ1) is 12.3. The van der Waals surface area contributed by atoms with Gasteiger partial charge in [0.25, 0.3) is 0 Å². The Kier molecular flexibility index (Phi) is 3.96. The maximum atomic E-state index is 11.8. The minimum absolute atomic E-state index is 0.0544. The molecule has 2 N–H and O–H groups in total. The molecule has 0 atom stereocenters. The van der Waals surface area contributed by atoms with Crippen LogP contribution >= 0.6 is 11.3 Å². The molecule has 5 nitrogen and oxygen atoms in total. The monoisotopic (exact) mass is 255 g/mol. The van der Waals surface area contributed by atoms with Crippen LogP contribution in [-0.2, 0) is 11.3 Å². The first-order chi connectivity index (χ1) is 8.20. The second-order valence-corrected chi connectivity index (χ2v) is 5.03.